The van der Waals surface area contributed by atoms with Crippen molar-refractivity contribution < 1.29 is 9.59 Å². The van der Waals surface area contributed by atoms with Crippen LogP contribution in [0.25, 0.3) is 0 Å². The lowest BCUT2D eigenvalue weighted by atomic mass is 9.88. The van der Waals surface area contributed by atoms with Crippen LogP contribution in [0.15, 0.2) is 0 Å². The maximum atomic E-state index is 11.6. The Hall–Kier alpha value is -1.50. The molecule has 1 rings (SSSR count). The molecule has 1 aromatic rings. The molecule has 88 valence electrons. The van der Waals surface area contributed by atoms with Crippen molar-refractivity contribution in [2.45, 2.75) is 27.2 Å². The molecule has 0 fully saturated rings. The first-order valence-corrected chi connectivity index (χ1v) is 5.53. The van der Waals surface area contributed by atoms with Crippen LogP contribution in [0.2, 0.25) is 0 Å². The van der Waals surface area contributed by atoms with Gasteiger partial charge in [-0.15, -0.1) is 10.2 Å². The molecule has 0 aromatic carbocycles. The van der Waals surface area contributed by atoms with Crippen LogP contribution in [-0.2, 0) is 9.59 Å². The zero-order valence-electron chi connectivity index (χ0n) is 9.40. The average molecular weight is 242 g/mol. The average Bonchev–Trinajstić information content (AvgIpc) is 2.49. The van der Waals surface area contributed by atoms with Gasteiger partial charge < -0.3 is 11.1 Å². The number of anilines is 1. The minimum atomic E-state index is -0.857. The highest BCUT2D eigenvalue weighted by Gasteiger charge is 2.28. The summed E-state index contributed by atoms with van der Waals surface area (Å²) in [5.41, 5.74) is 4.31. The van der Waals surface area contributed by atoms with Crippen molar-refractivity contribution in [1.82, 2.24) is 10.2 Å². The Morgan fingerprint density at radius 3 is 2.50 bits per heavy atom. The van der Waals surface area contributed by atoms with Gasteiger partial charge in [0.2, 0.25) is 16.9 Å². The Morgan fingerprint density at radius 2 is 2.06 bits per heavy atom. The van der Waals surface area contributed by atoms with Crippen molar-refractivity contribution in [2.24, 2.45) is 11.1 Å². The highest BCUT2D eigenvalue weighted by molar-refractivity contribution is 7.15. The highest BCUT2D eigenvalue weighted by Crippen LogP contribution is 2.21. The molecule has 16 heavy (non-hydrogen) atoms. The second-order valence-electron chi connectivity index (χ2n) is 4.10. The van der Waals surface area contributed by atoms with E-state index in [-0.39, 0.29) is 12.3 Å². The molecule has 3 N–H and O–H groups in total. The second-order valence-corrected chi connectivity index (χ2v) is 5.28. The predicted molar refractivity (Wildman–Crippen MR) is 60.9 cm³/mol. The summed E-state index contributed by atoms with van der Waals surface area (Å²) in [6.07, 6.45) is 0.0287. The van der Waals surface area contributed by atoms with Crippen LogP contribution in [-0.4, -0.2) is 22.0 Å². The smallest absolute Gasteiger partial charge is 0.227 e. The van der Waals surface area contributed by atoms with Crippen LogP contribution in [0.1, 0.15) is 25.3 Å². The highest BCUT2D eigenvalue weighted by atomic mass is 32.1. The van der Waals surface area contributed by atoms with Crippen molar-refractivity contribution in [3.63, 3.8) is 0 Å². The lowest BCUT2D eigenvalue weighted by molar-refractivity contribution is -0.130. The molecule has 0 atom stereocenters. The van der Waals surface area contributed by atoms with Crippen LogP contribution >= 0.6 is 11.3 Å². The molecule has 0 spiro atoms. The van der Waals surface area contributed by atoms with Crippen molar-refractivity contribution in [3.8, 4) is 0 Å². The van der Waals surface area contributed by atoms with Crippen LogP contribution in [0.5, 0.6) is 0 Å². The molecule has 6 nitrogen and oxygen atoms in total. The largest absolute Gasteiger partial charge is 0.369 e. The first-order chi connectivity index (χ1) is 7.31. The number of rotatable bonds is 4. The van der Waals surface area contributed by atoms with E-state index in [1.54, 1.807) is 20.8 Å². The van der Waals surface area contributed by atoms with Gasteiger partial charge >= 0.3 is 0 Å². The molecule has 1 aromatic heterocycles. The molecular weight excluding hydrogens is 228 g/mol. The summed E-state index contributed by atoms with van der Waals surface area (Å²) in [6.45, 7) is 5.04. The molecule has 0 aliphatic rings. The zero-order valence-corrected chi connectivity index (χ0v) is 10.2. The monoisotopic (exact) mass is 242 g/mol. The Kier molecular flexibility index (Phi) is 3.58. The van der Waals surface area contributed by atoms with E-state index < -0.39 is 11.3 Å². The molecule has 0 aliphatic heterocycles. The van der Waals surface area contributed by atoms with Gasteiger partial charge in [-0.1, -0.05) is 25.2 Å². The summed E-state index contributed by atoms with van der Waals surface area (Å²) in [7, 11) is 0. The number of nitrogens with one attached hydrogen (secondary N) is 1. The molecule has 0 unspecified atom stereocenters. The lowest BCUT2D eigenvalue weighted by Gasteiger charge is -2.18. The fourth-order valence-corrected chi connectivity index (χ4v) is 1.61. The fraction of sp³-hybridized carbons (Fsp3) is 0.556. The number of aromatic nitrogens is 2. The van der Waals surface area contributed by atoms with Crippen LogP contribution < -0.4 is 11.1 Å². The third-order valence-corrected chi connectivity index (χ3v) is 2.80. The zero-order chi connectivity index (χ0) is 12.3. The number of hydrogen-bond acceptors (Lipinski definition) is 5. The van der Waals surface area contributed by atoms with E-state index in [4.69, 9.17) is 5.73 Å². The normalized spacial score (nSPS) is 11.2. The number of nitrogens with two attached hydrogens (primary N) is 1. The SMILES string of the molecule is Cc1nnc(NC(=O)CC(C)(C)C(N)=O)s1. The van der Waals surface area contributed by atoms with Crippen molar-refractivity contribution >= 4 is 28.3 Å². The van der Waals surface area contributed by atoms with Gasteiger partial charge in [-0.05, 0) is 6.92 Å². The van der Waals surface area contributed by atoms with Gasteiger partial charge in [0.25, 0.3) is 0 Å². The number of nitrogens with zero attached hydrogens (tertiary/aromatic N) is 2. The molecule has 7 heteroatoms. The maximum absolute atomic E-state index is 11.6. The van der Waals surface area contributed by atoms with Gasteiger partial charge in [0.1, 0.15) is 5.01 Å². The van der Waals surface area contributed by atoms with E-state index in [1.165, 1.54) is 11.3 Å². The van der Waals surface area contributed by atoms with Crippen LogP contribution in [0.3, 0.4) is 0 Å². The van der Waals surface area contributed by atoms with Gasteiger partial charge in [-0.3, -0.25) is 9.59 Å². The van der Waals surface area contributed by atoms with E-state index in [0.717, 1.165) is 5.01 Å². The molecule has 2 amide bonds. The molecule has 0 bridgehead atoms. The van der Waals surface area contributed by atoms with Gasteiger partial charge in [0, 0.05) is 6.42 Å². The summed E-state index contributed by atoms with van der Waals surface area (Å²) < 4.78 is 0. The van der Waals surface area contributed by atoms with Crippen molar-refractivity contribution in [3.05, 3.63) is 5.01 Å². The van der Waals surface area contributed by atoms with Gasteiger partial charge in [-0.2, -0.15) is 0 Å². The van der Waals surface area contributed by atoms with Gasteiger partial charge in [0.15, 0.2) is 0 Å². The Bertz CT molecular complexity index is 413. The predicted octanol–water partition coefficient (Wildman–Crippen LogP) is 0.687. The summed E-state index contributed by atoms with van der Waals surface area (Å²) in [4.78, 5) is 22.6. The standard InChI is InChI=1S/C9H14N4O2S/c1-5-12-13-8(16-5)11-6(14)4-9(2,3)7(10)15/h4H2,1-3H3,(H2,10,15)(H,11,13,14). The maximum Gasteiger partial charge on any atom is 0.227 e. The summed E-state index contributed by atoms with van der Waals surface area (Å²) in [6, 6.07) is 0. The summed E-state index contributed by atoms with van der Waals surface area (Å²) in [5, 5.41) is 11.3. The molecule has 0 radical (unpaired) electrons. The molecule has 0 aliphatic carbocycles. The van der Waals surface area contributed by atoms with E-state index in [2.05, 4.69) is 15.5 Å². The lowest BCUT2D eigenvalue weighted by Crippen LogP contribution is -2.35. The summed E-state index contributed by atoms with van der Waals surface area (Å²) >= 11 is 1.28. The van der Waals surface area contributed by atoms with Crippen molar-refractivity contribution in [1.29, 1.82) is 0 Å². The number of aryl methyl sites for hydroxylation is 1. The van der Waals surface area contributed by atoms with Crippen LogP contribution in [0.4, 0.5) is 5.13 Å². The topological polar surface area (TPSA) is 98.0 Å². The minimum absolute atomic E-state index is 0.0287. The minimum Gasteiger partial charge on any atom is -0.369 e. The number of primary amides is 1. The molecule has 1 heterocycles. The molecule has 0 saturated carbocycles. The van der Waals surface area contributed by atoms with E-state index in [9.17, 15) is 9.59 Å². The number of carbonyl (C=O) groups is 2. The van der Waals surface area contributed by atoms with Crippen LogP contribution in [0, 0.1) is 12.3 Å². The fourth-order valence-electron chi connectivity index (χ4n) is 0.999. The van der Waals surface area contributed by atoms with E-state index in [0.29, 0.717) is 5.13 Å². The molecular formula is C9H14N4O2S. The van der Waals surface area contributed by atoms with E-state index in [1.807, 2.05) is 0 Å². The third-order valence-electron chi connectivity index (χ3n) is 2.04. The Balaban J connectivity index is 2.58. The third kappa shape index (κ3) is 3.27. The number of carbonyl (C=O) groups excluding carboxylic acids is 2. The van der Waals surface area contributed by atoms with Gasteiger partial charge in [-0.25, -0.2) is 0 Å². The number of amides is 2. The number of hydrogen-bond donors (Lipinski definition) is 2. The Labute approximate surface area is 97.2 Å². The molecule has 0 saturated heterocycles. The first-order valence-electron chi connectivity index (χ1n) is 4.71. The quantitative estimate of drug-likeness (QED) is 0.811. The second kappa shape index (κ2) is 4.56. The van der Waals surface area contributed by atoms with Gasteiger partial charge in [0.05, 0.1) is 5.41 Å². The van der Waals surface area contributed by atoms with Crippen molar-refractivity contribution in [2.75, 3.05) is 5.32 Å². The summed E-state index contributed by atoms with van der Waals surface area (Å²) in [5.74, 6) is -0.795. The Morgan fingerprint density at radius 1 is 1.44 bits per heavy atom. The first kappa shape index (κ1) is 12.6. The van der Waals surface area contributed by atoms with E-state index >= 15 is 0 Å².